The largest absolute Gasteiger partial charge is 0.297 e. The lowest BCUT2D eigenvalue weighted by Crippen LogP contribution is -2.22. The van der Waals surface area contributed by atoms with Gasteiger partial charge in [-0.05, 0) is 30.4 Å². The predicted molar refractivity (Wildman–Crippen MR) is 61.1 cm³/mol. The van der Waals surface area contributed by atoms with E-state index in [4.69, 9.17) is 23.2 Å². The molecule has 0 aromatic carbocycles. The number of hydrogen-bond acceptors (Lipinski definition) is 2. The molecule has 1 aromatic heterocycles. The van der Waals surface area contributed by atoms with Gasteiger partial charge in [-0.25, -0.2) is 4.98 Å². The van der Waals surface area contributed by atoms with Crippen molar-refractivity contribution in [2.24, 2.45) is 11.8 Å². The van der Waals surface area contributed by atoms with Crippen molar-refractivity contribution < 1.29 is 0 Å². The molecule has 2 unspecified atom stereocenters. The average Bonchev–Trinajstić information content (AvgIpc) is 2.81. The molecule has 2 heterocycles. The van der Waals surface area contributed by atoms with Gasteiger partial charge in [-0.15, -0.1) is 0 Å². The van der Waals surface area contributed by atoms with Crippen molar-refractivity contribution in [1.29, 1.82) is 0 Å². The van der Waals surface area contributed by atoms with Gasteiger partial charge in [0.2, 0.25) is 0 Å². The van der Waals surface area contributed by atoms with Crippen LogP contribution in [0.3, 0.4) is 0 Å². The zero-order valence-electron chi connectivity index (χ0n) is 8.29. The van der Waals surface area contributed by atoms with Crippen molar-refractivity contribution in [2.75, 3.05) is 13.1 Å². The molecule has 0 bridgehead atoms. The number of pyridine rings is 1. The Kier molecular flexibility index (Phi) is 2.38. The van der Waals surface area contributed by atoms with Crippen LogP contribution in [0.25, 0.3) is 0 Å². The van der Waals surface area contributed by atoms with Crippen LogP contribution in [0, 0.1) is 11.8 Å². The van der Waals surface area contributed by atoms with Crippen molar-refractivity contribution in [1.82, 2.24) is 9.88 Å². The maximum absolute atomic E-state index is 6.07. The third-order valence-corrected chi connectivity index (χ3v) is 3.87. The minimum atomic E-state index is 0.527. The van der Waals surface area contributed by atoms with Gasteiger partial charge in [0.1, 0.15) is 5.15 Å². The second-order valence-corrected chi connectivity index (χ2v) is 5.31. The number of likely N-dealkylation sites (tertiary alicyclic amines) is 1. The summed E-state index contributed by atoms with van der Waals surface area (Å²) < 4.78 is 0. The van der Waals surface area contributed by atoms with Gasteiger partial charge in [-0.2, -0.15) is 0 Å². The lowest BCUT2D eigenvalue weighted by Gasteiger charge is -2.17. The maximum Gasteiger partial charge on any atom is 0.129 e. The Bertz CT molecular complexity index is 384. The van der Waals surface area contributed by atoms with E-state index in [1.165, 1.54) is 19.5 Å². The molecule has 0 radical (unpaired) electrons. The van der Waals surface area contributed by atoms with E-state index < -0.39 is 0 Å². The molecule has 2 fully saturated rings. The molecular weight excluding hydrogens is 231 g/mol. The zero-order valence-corrected chi connectivity index (χ0v) is 9.80. The Morgan fingerprint density at radius 3 is 2.73 bits per heavy atom. The van der Waals surface area contributed by atoms with Crippen LogP contribution in [0.5, 0.6) is 0 Å². The van der Waals surface area contributed by atoms with Crippen molar-refractivity contribution in [3.8, 4) is 0 Å². The van der Waals surface area contributed by atoms with E-state index in [2.05, 4.69) is 9.88 Å². The molecule has 1 aliphatic carbocycles. The zero-order chi connectivity index (χ0) is 10.4. The first-order valence-electron chi connectivity index (χ1n) is 5.25. The molecule has 1 saturated carbocycles. The van der Waals surface area contributed by atoms with Crippen LogP contribution in [-0.4, -0.2) is 23.0 Å². The molecular formula is C11H12Cl2N2. The fourth-order valence-corrected chi connectivity index (χ4v) is 2.73. The van der Waals surface area contributed by atoms with Crippen LogP contribution < -0.4 is 0 Å². The topological polar surface area (TPSA) is 16.1 Å². The summed E-state index contributed by atoms with van der Waals surface area (Å²) >= 11 is 11.9. The summed E-state index contributed by atoms with van der Waals surface area (Å²) in [5.74, 6) is 1.89. The lowest BCUT2D eigenvalue weighted by molar-refractivity contribution is 0.293. The highest BCUT2D eigenvalue weighted by atomic mass is 35.5. The van der Waals surface area contributed by atoms with E-state index in [-0.39, 0.29) is 0 Å². The monoisotopic (exact) mass is 242 g/mol. The Labute approximate surface area is 99.2 Å². The van der Waals surface area contributed by atoms with Crippen LogP contribution >= 0.6 is 23.2 Å². The molecule has 80 valence electrons. The van der Waals surface area contributed by atoms with E-state index in [0.717, 1.165) is 29.1 Å². The van der Waals surface area contributed by atoms with Crippen molar-refractivity contribution in [3.05, 3.63) is 28.0 Å². The summed E-state index contributed by atoms with van der Waals surface area (Å²) in [6, 6.07) is 3.55. The van der Waals surface area contributed by atoms with Gasteiger partial charge in [0, 0.05) is 19.6 Å². The smallest absolute Gasteiger partial charge is 0.129 e. The highest BCUT2D eigenvalue weighted by Crippen LogP contribution is 2.45. The third kappa shape index (κ3) is 1.99. The van der Waals surface area contributed by atoms with E-state index in [0.29, 0.717) is 5.15 Å². The van der Waals surface area contributed by atoms with Gasteiger partial charge in [-0.3, -0.25) is 4.90 Å². The molecule has 4 heteroatoms. The summed E-state index contributed by atoms with van der Waals surface area (Å²) in [5, 5.41) is 1.25. The molecule has 1 saturated heterocycles. The Hall–Kier alpha value is -0.310. The van der Waals surface area contributed by atoms with E-state index in [1.54, 1.807) is 6.07 Å². The molecule has 2 aliphatic rings. The van der Waals surface area contributed by atoms with Crippen molar-refractivity contribution in [2.45, 2.75) is 13.0 Å². The Balaban J connectivity index is 1.73. The number of nitrogens with zero attached hydrogens (tertiary/aromatic N) is 2. The summed E-state index contributed by atoms with van der Waals surface area (Å²) in [4.78, 5) is 6.69. The molecule has 0 N–H and O–H groups in total. The van der Waals surface area contributed by atoms with Crippen LogP contribution in [-0.2, 0) is 6.54 Å². The van der Waals surface area contributed by atoms with Gasteiger partial charge < -0.3 is 0 Å². The first kappa shape index (κ1) is 9.88. The number of fused-ring (bicyclic) bond motifs is 1. The third-order valence-electron chi connectivity index (χ3n) is 3.31. The predicted octanol–water partition coefficient (Wildman–Crippen LogP) is 2.84. The maximum atomic E-state index is 6.07. The fraction of sp³-hybridized carbons (Fsp3) is 0.545. The second kappa shape index (κ2) is 3.62. The number of aromatic nitrogens is 1. The fourth-order valence-electron chi connectivity index (χ4n) is 2.40. The van der Waals surface area contributed by atoms with Gasteiger partial charge >= 0.3 is 0 Å². The van der Waals surface area contributed by atoms with Gasteiger partial charge in [0.15, 0.2) is 0 Å². The number of piperidine rings is 1. The number of hydrogen-bond donors (Lipinski definition) is 0. The Morgan fingerprint density at radius 2 is 2.00 bits per heavy atom. The summed E-state index contributed by atoms with van der Waals surface area (Å²) in [6.45, 7) is 3.25. The standard InChI is InChI=1S/C11H12Cl2N2/c12-9-1-2-11(13)14-10(9)6-15-4-7-3-8(7)5-15/h1-2,7-8H,3-6H2. The molecule has 0 amide bonds. The molecule has 2 atom stereocenters. The molecule has 2 nitrogen and oxygen atoms in total. The van der Waals surface area contributed by atoms with Crippen LogP contribution in [0.4, 0.5) is 0 Å². The van der Waals surface area contributed by atoms with Crippen molar-refractivity contribution >= 4 is 23.2 Å². The number of rotatable bonds is 2. The normalized spacial score (nSPS) is 29.2. The molecule has 0 spiro atoms. The van der Waals surface area contributed by atoms with E-state index in [9.17, 15) is 0 Å². The minimum Gasteiger partial charge on any atom is -0.297 e. The Morgan fingerprint density at radius 1 is 1.27 bits per heavy atom. The molecule has 3 rings (SSSR count). The number of halogens is 2. The molecule has 15 heavy (non-hydrogen) atoms. The second-order valence-electron chi connectivity index (χ2n) is 4.51. The minimum absolute atomic E-state index is 0.527. The van der Waals surface area contributed by atoms with E-state index in [1.807, 2.05) is 6.07 Å². The highest BCUT2D eigenvalue weighted by molar-refractivity contribution is 6.32. The van der Waals surface area contributed by atoms with E-state index >= 15 is 0 Å². The van der Waals surface area contributed by atoms with Gasteiger partial charge in [-0.1, -0.05) is 23.2 Å². The summed E-state index contributed by atoms with van der Waals surface area (Å²) in [6.07, 6.45) is 1.42. The van der Waals surface area contributed by atoms with Crippen molar-refractivity contribution in [3.63, 3.8) is 0 Å². The van der Waals surface area contributed by atoms with Crippen LogP contribution in [0.15, 0.2) is 12.1 Å². The summed E-state index contributed by atoms with van der Waals surface area (Å²) in [7, 11) is 0. The first-order valence-corrected chi connectivity index (χ1v) is 6.01. The first-order chi connectivity index (χ1) is 7.22. The van der Waals surface area contributed by atoms with Gasteiger partial charge in [0.25, 0.3) is 0 Å². The molecule has 1 aliphatic heterocycles. The quantitative estimate of drug-likeness (QED) is 0.742. The highest BCUT2D eigenvalue weighted by Gasteiger charge is 2.44. The lowest BCUT2D eigenvalue weighted by atomic mass is 10.3. The SMILES string of the molecule is Clc1ccc(Cl)c(CN2CC3CC3C2)n1. The van der Waals surface area contributed by atoms with Crippen LogP contribution in [0.2, 0.25) is 10.2 Å². The average molecular weight is 243 g/mol. The van der Waals surface area contributed by atoms with Gasteiger partial charge in [0.05, 0.1) is 10.7 Å². The summed E-state index contributed by atoms with van der Waals surface area (Å²) in [5.41, 5.74) is 0.908. The molecule has 1 aromatic rings. The van der Waals surface area contributed by atoms with Crippen LogP contribution in [0.1, 0.15) is 12.1 Å².